The third-order valence-electron chi connectivity index (χ3n) is 13.8. The number of nitrogens with one attached hydrogen (secondary N) is 3. The Morgan fingerprint density at radius 1 is 1.02 bits per heavy atom. The minimum atomic E-state index is -0.754. The van der Waals surface area contributed by atoms with E-state index >= 15 is 0 Å². The van der Waals surface area contributed by atoms with Crippen LogP contribution in [0.1, 0.15) is 73.5 Å². The number of ether oxygens (including phenoxy) is 3. The molecule has 4 fully saturated rings. The van der Waals surface area contributed by atoms with Gasteiger partial charge in [-0.25, -0.2) is 0 Å². The minimum absolute atomic E-state index is 0.0274. The molecule has 6 aliphatic rings. The standard InChI is InChI=1S/C42H50N4O5/c1-6-23-16-22-19-42(41(48)51-5)38-27(14-15-46(21-22)39(23)42)26-12-13-33(49-3)35(37(26)45-38)30-17-28-24(7-2)20-43-32(34(28)40(47)50-4)18-29-25-10-8-9-11-31(25)44-36(29)30/h7-13,22-23,28,30,32,34,39,43-45H,6,14-21H2,1-5H3. The molecule has 2 aliphatic carbocycles. The zero-order valence-corrected chi connectivity index (χ0v) is 30.4. The van der Waals surface area contributed by atoms with Gasteiger partial charge in [-0.05, 0) is 86.1 Å². The minimum Gasteiger partial charge on any atom is -0.496 e. The maximum Gasteiger partial charge on any atom is 0.319 e. The molecule has 4 aliphatic heterocycles. The molecule has 3 N–H and O–H groups in total. The van der Waals surface area contributed by atoms with Crippen LogP contribution in [-0.4, -0.2) is 79.9 Å². The van der Waals surface area contributed by atoms with E-state index in [9.17, 15) is 9.59 Å². The fourth-order valence-electron chi connectivity index (χ4n) is 11.8. The number of aromatic amines is 2. The Morgan fingerprint density at radius 3 is 2.63 bits per heavy atom. The van der Waals surface area contributed by atoms with E-state index in [-0.39, 0.29) is 41.8 Å². The zero-order chi connectivity index (χ0) is 35.2. The maximum absolute atomic E-state index is 14.4. The summed E-state index contributed by atoms with van der Waals surface area (Å²) in [5, 5.41) is 6.06. The summed E-state index contributed by atoms with van der Waals surface area (Å²) >= 11 is 0. The largest absolute Gasteiger partial charge is 0.496 e. The second kappa shape index (κ2) is 12.3. The van der Waals surface area contributed by atoms with Gasteiger partial charge in [0, 0.05) is 70.9 Å². The van der Waals surface area contributed by atoms with Crippen LogP contribution in [0.5, 0.6) is 5.75 Å². The van der Waals surface area contributed by atoms with Crippen LogP contribution >= 0.6 is 0 Å². The number of hydrogen-bond donors (Lipinski definition) is 3. The monoisotopic (exact) mass is 690 g/mol. The number of fused-ring (bicyclic) bond motifs is 9. The number of methoxy groups -OCH3 is 3. The van der Waals surface area contributed by atoms with Gasteiger partial charge in [-0.2, -0.15) is 0 Å². The van der Waals surface area contributed by atoms with Crippen molar-refractivity contribution in [2.75, 3.05) is 41.0 Å². The molecule has 3 saturated heterocycles. The average Bonchev–Trinajstić information content (AvgIpc) is 3.70. The number of allylic oxidation sites excluding steroid dienone is 1. The number of piperidine rings is 3. The van der Waals surface area contributed by atoms with Crippen molar-refractivity contribution in [2.24, 2.45) is 23.7 Å². The third kappa shape index (κ3) is 4.59. The van der Waals surface area contributed by atoms with Crippen molar-refractivity contribution >= 4 is 33.7 Å². The molecule has 4 aromatic rings. The van der Waals surface area contributed by atoms with Crippen LogP contribution in [0.15, 0.2) is 48.0 Å². The van der Waals surface area contributed by atoms with Crippen molar-refractivity contribution in [1.82, 2.24) is 20.2 Å². The van der Waals surface area contributed by atoms with E-state index in [0.717, 1.165) is 72.3 Å². The normalized spacial score (nSPS) is 33.2. The second-order valence-corrected chi connectivity index (χ2v) is 15.8. The van der Waals surface area contributed by atoms with E-state index in [1.54, 1.807) is 14.2 Å². The quantitative estimate of drug-likeness (QED) is 0.170. The second-order valence-electron chi connectivity index (χ2n) is 15.8. The van der Waals surface area contributed by atoms with Crippen molar-refractivity contribution in [3.05, 3.63) is 76.1 Å². The summed E-state index contributed by atoms with van der Waals surface area (Å²) in [6, 6.07) is 12.9. The van der Waals surface area contributed by atoms with Crippen LogP contribution in [0.3, 0.4) is 0 Å². The number of nitrogens with zero attached hydrogens (tertiary/aromatic N) is 1. The van der Waals surface area contributed by atoms with E-state index in [2.05, 4.69) is 76.5 Å². The predicted octanol–water partition coefficient (Wildman–Crippen LogP) is 6.15. The third-order valence-corrected chi connectivity index (χ3v) is 13.8. The molecule has 2 aromatic carbocycles. The van der Waals surface area contributed by atoms with Crippen molar-refractivity contribution in [2.45, 2.75) is 75.8 Å². The first kappa shape index (κ1) is 32.8. The van der Waals surface area contributed by atoms with Crippen molar-refractivity contribution in [3.8, 4) is 5.75 Å². The molecule has 51 heavy (non-hydrogen) atoms. The van der Waals surface area contributed by atoms with Gasteiger partial charge in [0.25, 0.3) is 0 Å². The highest BCUT2D eigenvalue weighted by Gasteiger charge is 2.63. The molecule has 6 heterocycles. The highest BCUT2D eigenvalue weighted by atomic mass is 16.5. The van der Waals surface area contributed by atoms with E-state index in [4.69, 9.17) is 14.2 Å². The van der Waals surface area contributed by atoms with Gasteiger partial charge in [0.05, 0.1) is 32.8 Å². The maximum atomic E-state index is 14.4. The van der Waals surface area contributed by atoms with Gasteiger partial charge >= 0.3 is 11.9 Å². The number of carbonyl (C=O) groups is 2. The number of benzene rings is 2. The van der Waals surface area contributed by atoms with Crippen LogP contribution < -0.4 is 10.1 Å². The number of rotatable bonds is 5. The molecule has 0 spiro atoms. The number of para-hydroxylation sites is 1. The van der Waals surface area contributed by atoms with Crippen LogP contribution in [0, 0.1) is 23.7 Å². The summed E-state index contributed by atoms with van der Waals surface area (Å²) in [5.41, 5.74) is 8.35. The highest BCUT2D eigenvalue weighted by Crippen LogP contribution is 2.57. The first-order valence-electron chi connectivity index (χ1n) is 19.0. The molecule has 9 nitrogen and oxygen atoms in total. The molecule has 268 valence electrons. The lowest BCUT2D eigenvalue weighted by molar-refractivity contribution is -0.162. The Labute approximate surface area is 299 Å². The van der Waals surface area contributed by atoms with Crippen LogP contribution in [0.25, 0.3) is 21.8 Å². The molecule has 1 saturated carbocycles. The molecule has 10 rings (SSSR count). The SMILES string of the molecule is CC=C1CNC2Cc3c([nH]c4ccccc34)C(c3c(OC)ccc4c5c([nH]c34)C3(C(=O)OC)CC4CC(CC)C3N(CC5)C4)CC1C2C(=O)OC. The van der Waals surface area contributed by atoms with Gasteiger partial charge in [-0.3, -0.25) is 14.5 Å². The van der Waals surface area contributed by atoms with Gasteiger partial charge in [0.1, 0.15) is 11.2 Å². The fourth-order valence-corrected chi connectivity index (χ4v) is 11.8. The summed E-state index contributed by atoms with van der Waals surface area (Å²) in [4.78, 5) is 38.6. The Bertz CT molecular complexity index is 2080. The Balaban J connectivity index is 1.32. The molecule has 9 unspecified atom stereocenters. The molecule has 6 bridgehead atoms. The van der Waals surface area contributed by atoms with E-state index < -0.39 is 5.41 Å². The lowest BCUT2D eigenvalue weighted by Gasteiger charge is -2.57. The van der Waals surface area contributed by atoms with Crippen molar-refractivity contribution < 1.29 is 23.8 Å². The zero-order valence-electron chi connectivity index (χ0n) is 30.4. The van der Waals surface area contributed by atoms with E-state index in [1.807, 2.05) is 0 Å². The van der Waals surface area contributed by atoms with Gasteiger partial charge in [0.15, 0.2) is 0 Å². The molecule has 9 heteroatoms. The topological polar surface area (TPSA) is 109 Å². The van der Waals surface area contributed by atoms with Crippen LogP contribution in [0.2, 0.25) is 0 Å². The number of aromatic nitrogens is 2. The summed E-state index contributed by atoms with van der Waals surface area (Å²) in [5.74, 6) is 0.919. The average molecular weight is 691 g/mol. The molecule has 2 aromatic heterocycles. The van der Waals surface area contributed by atoms with Gasteiger partial charge in [0.2, 0.25) is 0 Å². The van der Waals surface area contributed by atoms with Gasteiger partial charge in [-0.1, -0.05) is 43.2 Å². The Hall–Kier alpha value is -4.08. The molecular weight excluding hydrogens is 640 g/mol. The molecule has 9 atom stereocenters. The Kier molecular flexibility index (Phi) is 7.89. The first-order valence-corrected chi connectivity index (χ1v) is 19.0. The summed E-state index contributed by atoms with van der Waals surface area (Å²) in [7, 11) is 4.82. The van der Waals surface area contributed by atoms with Crippen molar-refractivity contribution in [1.29, 1.82) is 0 Å². The van der Waals surface area contributed by atoms with E-state index in [1.165, 1.54) is 41.3 Å². The van der Waals surface area contributed by atoms with E-state index in [0.29, 0.717) is 24.7 Å². The lowest BCUT2D eigenvalue weighted by atomic mass is 9.56. The molecule has 0 radical (unpaired) electrons. The molecule has 0 amide bonds. The first-order chi connectivity index (χ1) is 24.9. The highest BCUT2D eigenvalue weighted by molar-refractivity contribution is 5.95. The number of carbonyl (C=O) groups excluding carboxylic acids is 2. The fraction of sp³-hybridized carbons (Fsp3) is 0.524. The van der Waals surface area contributed by atoms with Gasteiger partial charge < -0.3 is 29.5 Å². The summed E-state index contributed by atoms with van der Waals surface area (Å²) in [6.45, 7) is 7.07. The molecular formula is C42H50N4O5. The summed E-state index contributed by atoms with van der Waals surface area (Å²) in [6.07, 6.45) is 7.47. The Morgan fingerprint density at radius 2 is 1.86 bits per heavy atom. The van der Waals surface area contributed by atoms with Crippen LogP contribution in [-0.2, 0) is 37.3 Å². The number of hydrogen-bond acceptors (Lipinski definition) is 7. The van der Waals surface area contributed by atoms with Gasteiger partial charge in [-0.15, -0.1) is 0 Å². The van der Waals surface area contributed by atoms with Crippen LogP contribution in [0.4, 0.5) is 0 Å². The van der Waals surface area contributed by atoms with Crippen molar-refractivity contribution in [3.63, 3.8) is 0 Å². The number of H-pyrrole nitrogens is 2. The lowest BCUT2D eigenvalue weighted by Crippen LogP contribution is -2.67. The predicted molar refractivity (Wildman–Crippen MR) is 197 cm³/mol. The summed E-state index contributed by atoms with van der Waals surface area (Å²) < 4.78 is 17.6. The number of esters is 2. The smallest absolute Gasteiger partial charge is 0.319 e.